The summed E-state index contributed by atoms with van der Waals surface area (Å²) in [5.41, 5.74) is 0.968. The Balaban J connectivity index is 1.26. The number of carbonyl (C=O) groups excluding carboxylic acids is 1. The smallest absolute Gasteiger partial charge is 0.223 e. The van der Waals surface area contributed by atoms with Gasteiger partial charge in [-0.05, 0) is 60.9 Å². The van der Waals surface area contributed by atoms with Crippen molar-refractivity contribution in [2.24, 2.45) is 5.92 Å². The molecular weight excluding hydrogens is 464 g/mol. The number of ether oxygens (including phenoxy) is 3. The number of methoxy groups -OCH3 is 3. The van der Waals surface area contributed by atoms with Gasteiger partial charge in [-0.1, -0.05) is 23.9 Å². The van der Waals surface area contributed by atoms with Gasteiger partial charge in [0.05, 0.1) is 21.3 Å². The second-order valence-corrected chi connectivity index (χ2v) is 9.27. The molecule has 2 aromatic carbocycles. The number of benzene rings is 2. The van der Waals surface area contributed by atoms with Crippen molar-refractivity contribution < 1.29 is 19.0 Å². The zero-order chi connectivity index (χ0) is 24.6. The second kappa shape index (κ2) is 11.8. The first-order valence-electron chi connectivity index (χ1n) is 11.5. The van der Waals surface area contributed by atoms with Gasteiger partial charge in [0, 0.05) is 30.4 Å². The summed E-state index contributed by atoms with van der Waals surface area (Å²) in [6.07, 6.45) is 1.56. The molecule has 8 nitrogen and oxygen atoms in total. The molecule has 0 aliphatic carbocycles. The molecule has 3 aromatic rings. The highest BCUT2D eigenvalue weighted by Crippen LogP contribution is 2.30. The first kappa shape index (κ1) is 24.7. The predicted octanol–water partition coefficient (Wildman–Crippen LogP) is 4.19. The number of rotatable bonds is 9. The van der Waals surface area contributed by atoms with E-state index in [2.05, 4.69) is 20.4 Å². The van der Waals surface area contributed by atoms with Gasteiger partial charge in [0.15, 0.2) is 17.3 Å². The molecule has 9 heteroatoms. The van der Waals surface area contributed by atoms with E-state index in [1.807, 2.05) is 54.6 Å². The number of carbonyl (C=O) groups is 1. The molecule has 1 N–H and O–H groups in total. The topological polar surface area (TPSA) is 85.8 Å². The molecule has 184 valence electrons. The summed E-state index contributed by atoms with van der Waals surface area (Å²) in [4.78, 5) is 16.0. The third-order valence-corrected chi connectivity index (χ3v) is 6.91. The summed E-state index contributed by atoms with van der Waals surface area (Å²) < 4.78 is 15.9. The van der Waals surface area contributed by atoms with Crippen LogP contribution in [0.5, 0.6) is 17.2 Å². The van der Waals surface area contributed by atoms with E-state index in [0.29, 0.717) is 18.0 Å². The third kappa shape index (κ3) is 6.36. The minimum Gasteiger partial charge on any atom is -0.497 e. The fraction of sp³-hybridized carbons (Fsp3) is 0.346. The van der Waals surface area contributed by atoms with Gasteiger partial charge in [0.2, 0.25) is 5.91 Å². The van der Waals surface area contributed by atoms with Crippen LogP contribution in [-0.2, 0) is 11.3 Å². The SMILES string of the molecule is COc1cccc(Sc2ccc(N3CCC(C(=O)NCc4ccc(OC)c(OC)c4)CC3)nn2)c1. The fourth-order valence-corrected chi connectivity index (χ4v) is 4.80. The normalized spacial score (nSPS) is 13.9. The van der Waals surface area contributed by atoms with E-state index in [1.165, 1.54) is 0 Å². The number of amides is 1. The van der Waals surface area contributed by atoms with E-state index in [0.717, 1.165) is 53.0 Å². The molecule has 0 unspecified atom stereocenters. The lowest BCUT2D eigenvalue weighted by Crippen LogP contribution is -2.40. The van der Waals surface area contributed by atoms with Crippen LogP contribution in [-0.4, -0.2) is 50.5 Å². The predicted molar refractivity (Wildman–Crippen MR) is 135 cm³/mol. The van der Waals surface area contributed by atoms with Crippen LogP contribution in [0.4, 0.5) is 5.82 Å². The number of aromatic nitrogens is 2. The Morgan fingerprint density at radius 2 is 1.77 bits per heavy atom. The number of hydrogen-bond acceptors (Lipinski definition) is 8. The Labute approximate surface area is 210 Å². The maximum atomic E-state index is 12.7. The molecule has 1 saturated heterocycles. The van der Waals surface area contributed by atoms with Crippen molar-refractivity contribution in [3.8, 4) is 17.2 Å². The van der Waals surface area contributed by atoms with E-state index in [1.54, 1.807) is 33.1 Å². The van der Waals surface area contributed by atoms with E-state index < -0.39 is 0 Å². The number of hydrogen-bond donors (Lipinski definition) is 1. The first-order chi connectivity index (χ1) is 17.1. The van der Waals surface area contributed by atoms with E-state index >= 15 is 0 Å². The Morgan fingerprint density at radius 3 is 2.46 bits per heavy atom. The Morgan fingerprint density at radius 1 is 0.971 bits per heavy atom. The molecule has 1 aliphatic heterocycles. The van der Waals surface area contributed by atoms with Crippen LogP contribution >= 0.6 is 11.8 Å². The van der Waals surface area contributed by atoms with Crippen LogP contribution in [0.3, 0.4) is 0 Å². The van der Waals surface area contributed by atoms with E-state index in [4.69, 9.17) is 14.2 Å². The van der Waals surface area contributed by atoms with Crippen LogP contribution < -0.4 is 24.4 Å². The highest BCUT2D eigenvalue weighted by atomic mass is 32.2. The van der Waals surface area contributed by atoms with Crippen molar-refractivity contribution in [1.82, 2.24) is 15.5 Å². The monoisotopic (exact) mass is 494 g/mol. The maximum Gasteiger partial charge on any atom is 0.223 e. The van der Waals surface area contributed by atoms with Crippen molar-refractivity contribution in [3.63, 3.8) is 0 Å². The van der Waals surface area contributed by atoms with Gasteiger partial charge in [-0.25, -0.2) is 0 Å². The molecule has 0 bridgehead atoms. The van der Waals surface area contributed by atoms with Gasteiger partial charge in [-0.2, -0.15) is 0 Å². The third-order valence-electron chi connectivity index (χ3n) is 5.99. The molecule has 0 atom stereocenters. The Kier molecular flexibility index (Phi) is 8.31. The summed E-state index contributed by atoms with van der Waals surface area (Å²) >= 11 is 1.54. The summed E-state index contributed by atoms with van der Waals surface area (Å²) in [7, 11) is 4.86. The van der Waals surface area contributed by atoms with E-state index in [-0.39, 0.29) is 11.8 Å². The molecule has 0 spiro atoms. The zero-order valence-corrected chi connectivity index (χ0v) is 21.0. The van der Waals surface area contributed by atoms with Gasteiger partial charge in [-0.3, -0.25) is 4.79 Å². The average molecular weight is 495 g/mol. The number of nitrogens with one attached hydrogen (secondary N) is 1. The van der Waals surface area contributed by atoms with Gasteiger partial charge >= 0.3 is 0 Å². The number of anilines is 1. The van der Waals surface area contributed by atoms with Crippen LogP contribution in [0.15, 0.2) is 64.5 Å². The summed E-state index contributed by atoms with van der Waals surface area (Å²) in [5.74, 6) is 3.05. The van der Waals surface area contributed by atoms with Crippen LogP contribution in [0, 0.1) is 5.92 Å². The van der Waals surface area contributed by atoms with Crippen LogP contribution in [0.25, 0.3) is 0 Å². The van der Waals surface area contributed by atoms with Gasteiger partial charge in [0.1, 0.15) is 10.8 Å². The van der Waals surface area contributed by atoms with Crippen LogP contribution in [0.1, 0.15) is 18.4 Å². The van der Waals surface area contributed by atoms with Crippen molar-refractivity contribution in [2.45, 2.75) is 29.3 Å². The fourth-order valence-electron chi connectivity index (χ4n) is 4.02. The molecular formula is C26H30N4O4S. The molecule has 1 fully saturated rings. The molecule has 1 aromatic heterocycles. The van der Waals surface area contributed by atoms with Crippen molar-refractivity contribution in [3.05, 3.63) is 60.2 Å². The standard InChI is InChI=1S/C26H30N4O4S/c1-32-20-5-4-6-21(16-20)35-25-10-9-24(28-29-25)30-13-11-19(12-14-30)26(31)27-17-18-7-8-22(33-2)23(15-18)34-3/h4-10,15-16,19H,11-14,17H2,1-3H3,(H,27,31). The summed E-state index contributed by atoms with van der Waals surface area (Å²) in [6.45, 7) is 1.99. The molecule has 2 heterocycles. The minimum atomic E-state index is -0.0118. The maximum absolute atomic E-state index is 12.7. The largest absolute Gasteiger partial charge is 0.497 e. The molecule has 0 saturated carbocycles. The molecule has 4 rings (SSSR count). The molecule has 0 radical (unpaired) electrons. The van der Waals surface area contributed by atoms with Gasteiger partial charge < -0.3 is 24.4 Å². The Hall–Kier alpha value is -3.46. The number of piperidine rings is 1. The highest BCUT2D eigenvalue weighted by Gasteiger charge is 2.25. The van der Waals surface area contributed by atoms with Crippen molar-refractivity contribution >= 4 is 23.5 Å². The number of nitrogens with zero attached hydrogens (tertiary/aromatic N) is 3. The lowest BCUT2D eigenvalue weighted by molar-refractivity contribution is -0.125. The van der Waals surface area contributed by atoms with Crippen molar-refractivity contribution in [2.75, 3.05) is 39.3 Å². The minimum absolute atomic E-state index is 0.0118. The Bertz CT molecular complexity index is 1130. The first-order valence-corrected chi connectivity index (χ1v) is 12.3. The average Bonchev–Trinajstić information content (AvgIpc) is 2.92. The van der Waals surface area contributed by atoms with Gasteiger partial charge in [-0.15, -0.1) is 10.2 Å². The summed E-state index contributed by atoms with van der Waals surface area (Å²) in [5, 5.41) is 12.7. The summed E-state index contributed by atoms with van der Waals surface area (Å²) in [6, 6.07) is 17.5. The second-order valence-electron chi connectivity index (χ2n) is 8.18. The molecule has 1 aliphatic rings. The molecule has 1 amide bonds. The zero-order valence-electron chi connectivity index (χ0n) is 20.2. The van der Waals surface area contributed by atoms with Crippen molar-refractivity contribution in [1.29, 1.82) is 0 Å². The quantitative estimate of drug-likeness (QED) is 0.474. The molecule has 35 heavy (non-hydrogen) atoms. The highest BCUT2D eigenvalue weighted by molar-refractivity contribution is 7.99. The van der Waals surface area contributed by atoms with Gasteiger partial charge in [0.25, 0.3) is 0 Å². The van der Waals surface area contributed by atoms with Crippen LogP contribution in [0.2, 0.25) is 0 Å². The lowest BCUT2D eigenvalue weighted by Gasteiger charge is -2.31. The lowest BCUT2D eigenvalue weighted by atomic mass is 9.96. The van der Waals surface area contributed by atoms with E-state index in [9.17, 15) is 4.79 Å².